The van der Waals surface area contributed by atoms with Crippen LogP contribution in [-0.4, -0.2) is 28.9 Å². The van der Waals surface area contributed by atoms with Crippen LogP contribution in [0.2, 0.25) is 0 Å². The zero-order valence-electron chi connectivity index (χ0n) is 15.6. The number of rotatable bonds is 6. The second-order valence-electron chi connectivity index (χ2n) is 7.60. The second kappa shape index (κ2) is 6.60. The van der Waals surface area contributed by atoms with E-state index in [1.165, 1.54) is 15.9 Å². The fourth-order valence-electron chi connectivity index (χ4n) is 3.76. The predicted molar refractivity (Wildman–Crippen MR) is 103 cm³/mol. The van der Waals surface area contributed by atoms with Gasteiger partial charge in [0.1, 0.15) is 4.83 Å². The third-order valence-corrected chi connectivity index (χ3v) is 6.98. The first kappa shape index (κ1) is 17.9. The summed E-state index contributed by atoms with van der Waals surface area (Å²) in [5.74, 6) is 0. The van der Waals surface area contributed by atoms with E-state index in [1.807, 2.05) is 20.9 Å². The molecule has 2 aromatic heterocycles. The molecular formula is C18H26N4O3S. The average molecular weight is 378 g/mol. The van der Waals surface area contributed by atoms with E-state index in [9.17, 15) is 9.59 Å². The lowest BCUT2D eigenvalue weighted by atomic mass is 10.2. The van der Waals surface area contributed by atoms with Crippen LogP contribution in [0.25, 0.3) is 10.2 Å². The van der Waals surface area contributed by atoms with Gasteiger partial charge < -0.3 is 4.74 Å². The number of fused-ring (bicyclic) bond motifs is 1. The standard InChI is InChI=1S/C18H26N4O3S/c1-11-13(9-20-19-3)26-16-14(11)15(23)22(18(2)6-7-18)17(24)21(16)10-12-5-4-8-25-12/h12,19-20H,4-10H2,1-3H3. The van der Waals surface area contributed by atoms with E-state index < -0.39 is 0 Å². The highest BCUT2D eigenvalue weighted by molar-refractivity contribution is 7.18. The summed E-state index contributed by atoms with van der Waals surface area (Å²) < 4.78 is 9.06. The zero-order valence-corrected chi connectivity index (χ0v) is 16.4. The molecule has 2 aromatic rings. The van der Waals surface area contributed by atoms with Crippen LogP contribution >= 0.6 is 11.3 Å². The van der Waals surface area contributed by atoms with Gasteiger partial charge in [-0.25, -0.2) is 4.79 Å². The fourth-order valence-corrected chi connectivity index (χ4v) is 5.00. The molecule has 0 bridgehead atoms. The molecule has 3 heterocycles. The maximum Gasteiger partial charge on any atom is 0.332 e. The van der Waals surface area contributed by atoms with E-state index in [2.05, 4.69) is 10.9 Å². The van der Waals surface area contributed by atoms with Gasteiger partial charge in [-0.1, -0.05) is 0 Å². The Hall–Kier alpha value is -1.48. The lowest BCUT2D eigenvalue weighted by Gasteiger charge is -2.18. The Morgan fingerprint density at radius 2 is 2.12 bits per heavy atom. The summed E-state index contributed by atoms with van der Waals surface area (Å²) in [5.41, 5.74) is 6.31. The van der Waals surface area contributed by atoms with Crippen LogP contribution in [0.15, 0.2) is 9.59 Å². The lowest BCUT2D eigenvalue weighted by molar-refractivity contribution is 0.0964. The van der Waals surface area contributed by atoms with Gasteiger partial charge in [-0.3, -0.25) is 24.8 Å². The van der Waals surface area contributed by atoms with Crippen molar-refractivity contribution in [2.75, 3.05) is 13.7 Å². The number of aryl methyl sites for hydroxylation is 1. The molecule has 2 fully saturated rings. The van der Waals surface area contributed by atoms with Gasteiger partial charge in [-0.15, -0.1) is 11.3 Å². The summed E-state index contributed by atoms with van der Waals surface area (Å²) in [6, 6.07) is 0. The molecule has 1 aliphatic heterocycles. The highest BCUT2D eigenvalue weighted by atomic mass is 32.1. The minimum atomic E-state index is -0.335. The summed E-state index contributed by atoms with van der Waals surface area (Å²) in [4.78, 5) is 28.3. The Balaban J connectivity index is 1.94. The van der Waals surface area contributed by atoms with Crippen LogP contribution in [0.4, 0.5) is 0 Å². The van der Waals surface area contributed by atoms with Crippen molar-refractivity contribution < 1.29 is 4.74 Å². The number of hydrazine groups is 1. The molecule has 0 aromatic carbocycles. The molecule has 1 unspecified atom stereocenters. The topological polar surface area (TPSA) is 77.3 Å². The molecule has 142 valence electrons. The van der Waals surface area contributed by atoms with E-state index in [-0.39, 0.29) is 22.9 Å². The van der Waals surface area contributed by atoms with Crippen molar-refractivity contribution in [3.05, 3.63) is 31.3 Å². The monoisotopic (exact) mass is 378 g/mol. The highest BCUT2D eigenvalue weighted by Crippen LogP contribution is 2.41. The molecule has 4 rings (SSSR count). The zero-order chi connectivity index (χ0) is 18.5. The summed E-state index contributed by atoms with van der Waals surface area (Å²) in [6.45, 7) is 5.87. The van der Waals surface area contributed by atoms with Crippen molar-refractivity contribution in [3.63, 3.8) is 0 Å². The lowest BCUT2D eigenvalue weighted by Crippen LogP contribution is -2.45. The van der Waals surface area contributed by atoms with E-state index in [0.717, 1.165) is 47.6 Å². The average Bonchev–Trinajstić information content (AvgIpc) is 3.02. The van der Waals surface area contributed by atoms with Gasteiger partial charge in [-0.2, -0.15) is 0 Å². The summed E-state index contributed by atoms with van der Waals surface area (Å²) in [7, 11) is 1.82. The Bertz CT molecular complexity index is 948. The van der Waals surface area contributed by atoms with Gasteiger partial charge in [0, 0.05) is 18.0 Å². The first-order valence-corrected chi connectivity index (χ1v) is 10.1. The third-order valence-electron chi connectivity index (χ3n) is 5.66. The Morgan fingerprint density at radius 3 is 2.73 bits per heavy atom. The summed E-state index contributed by atoms with van der Waals surface area (Å²) >= 11 is 1.53. The minimum absolute atomic E-state index is 0.0511. The highest BCUT2D eigenvalue weighted by Gasteiger charge is 2.43. The molecule has 7 nitrogen and oxygen atoms in total. The van der Waals surface area contributed by atoms with Crippen molar-refractivity contribution in [1.29, 1.82) is 0 Å². The largest absolute Gasteiger partial charge is 0.376 e. The number of thiophene rings is 1. The first-order chi connectivity index (χ1) is 12.5. The van der Waals surface area contributed by atoms with E-state index in [1.54, 1.807) is 4.57 Å². The van der Waals surface area contributed by atoms with Crippen molar-refractivity contribution >= 4 is 21.6 Å². The normalized spacial score (nSPS) is 21.6. The van der Waals surface area contributed by atoms with Gasteiger partial charge in [0.05, 0.1) is 23.6 Å². The number of hydrogen-bond acceptors (Lipinski definition) is 6. The van der Waals surface area contributed by atoms with Crippen LogP contribution in [0.5, 0.6) is 0 Å². The van der Waals surface area contributed by atoms with Gasteiger partial charge in [0.25, 0.3) is 5.56 Å². The maximum absolute atomic E-state index is 13.3. The van der Waals surface area contributed by atoms with Crippen molar-refractivity contribution in [1.82, 2.24) is 20.0 Å². The second-order valence-corrected chi connectivity index (χ2v) is 8.68. The van der Waals surface area contributed by atoms with Gasteiger partial charge in [0.15, 0.2) is 0 Å². The molecule has 2 N–H and O–H groups in total. The van der Waals surface area contributed by atoms with Crippen LogP contribution in [0.1, 0.15) is 43.0 Å². The quantitative estimate of drug-likeness (QED) is 0.744. The van der Waals surface area contributed by atoms with Gasteiger partial charge in [-0.05, 0) is 52.1 Å². The molecule has 2 aliphatic rings. The molecule has 0 radical (unpaired) electrons. The molecule has 1 aliphatic carbocycles. The number of ether oxygens (including phenoxy) is 1. The molecule has 26 heavy (non-hydrogen) atoms. The smallest absolute Gasteiger partial charge is 0.332 e. The summed E-state index contributed by atoms with van der Waals surface area (Å²) in [6.07, 6.45) is 3.80. The SMILES string of the molecule is CNNCc1sc2c(c1C)c(=O)n(C1(C)CC1)c(=O)n2CC1CCCO1. The third kappa shape index (κ3) is 2.85. The van der Waals surface area contributed by atoms with Crippen LogP contribution < -0.4 is 22.1 Å². The maximum atomic E-state index is 13.3. The molecule has 1 saturated carbocycles. The van der Waals surface area contributed by atoms with Crippen molar-refractivity contribution in [2.24, 2.45) is 0 Å². The molecule has 1 atom stereocenters. The van der Waals surface area contributed by atoms with E-state index >= 15 is 0 Å². The number of aromatic nitrogens is 2. The predicted octanol–water partition coefficient (Wildman–Crippen LogP) is 1.45. The van der Waals surface area contributed by atoms with E-state index in [0.29, 0.717) is 18.5 Å². The molecule has 0 spiro atoms. The summed E-state index contributed by atoms with van der Waals surface area (Å²) in [5, 5.41) is 0.689. The van der Waals surface area contributed by atoms with Gasteiger partial charge in [0.2, 0.25) is 0 Å². The molecule has 1 saturated heterocycles. The fraction of sp³-hybridized carbons (Fsp3) is 0.667. The number of hydrogen-bond donors (Lipinski definition) is 2. The van der Waals surface area contributed by atoms with Crippen LogP contribution in [0, 0.1) is 6.92 Å². The number of nitrogens with zero attached hydrogens (tertiary/aromatic N) is 2. The van der Waals surface area contributed by atoms with Crippen molar-refractivity contribution in [3.8, 4) is 0 Å². The molecule has 0 amide bonds. The van der Waals surface area contributed by atoms with Crippen molar-refractivity contribution in [2.45, 2.75) is 64.3 Å². The van der Waals surface area contributed by atoms with Crippen LogP contribution in [-0.2, 0) is 23.4 Å². The van der Waals surface area contributed by atoms with Crippen LogP contribution in [0.3, 0.4) is 0 Å². The first-order valence-electron chi connectivity index (χ1n) is 9.26. The number of nitrogens with one attached hydrogen (secondary N) is 2. The molecule has 8 heteroatoms. The Labute approximate surface area is 155 Å². The van der Waals surface area contributed by atoms with Gasteiger partial charge >= 0.3 is 5.69 Å². The van der Waals surface area contributed by atoms with E-state index in [4.69, 9.17) is 4.74 Å². The Morgan fingerprint density at radius 1 is 1.35 bits per heavy atom. The Kier molecular flexibility index (Phi) is 4.54. The minimum Gasteiger partial charge on any atom is -0.376 e. The molecular weight excluding hydrogens is 352 g/mol.